The Labute approximate surface area is 238 Å². The van der Waals surface area contributed by atoms with Gasteiger partial charge in [0.1, 0.15) is 38.6 Å². The third-order valence-electron chi connectivity index (χ3n) is 6.50. The van der Waals surface area contributed by atoms with Crippen LogP contribution in [0.5, 0.6) is 0 Å². The Morgan fingerprint density at radius 1 is 0.775 bits per heavy atom. The Bertz CT molecular complexity index is 2070. The summed E-state index contributed by atoms with van der Waals surface area (Å²) in [6.07, 6.45) is 3.12. The zero-order valence-electron chi connectivity index (χ0n) is 20.9. The van der Waals surface area contributed by atoms with Gasteiger partial charge in [-0.25, -0.2) is 4.68 Å². The number of pyridine rings is 2. The van der Waals surface area contributed by atoms with Crippen LogP contribution in [0.1, 0.15) is 16.8 Å². The molecule has 0 unspecified atom stereocenters. The van der Waals surface area contributed by atoms with Gasteiger partial charge in [0, 0.05) is 22.4 Å². The molecule has 1 aromatic carbocycles. The quantitative estimate of drug-likeness (QED) is 0.206. The number of para-hydroxylation sites is 1. The normalized spacial score (nSPS) is 10.8. The van der Waals surface area contributed by atoms with E-state index in [1.54, 1.807) is 47.5 Å². The molecule has 6 aromatic rings. The fourth-order valence-corrected chi connectivity index (χ4v) is 5.22. The van der Waals surface area contributed by atoms with E-state index >= 15 is 0 Å². The van der Waals surface area contributed by atoms with Crippen molar-refractivity contribution in [3.05, 3.63) is 105 Å². The fraction of sp³-hybridized carbons (Fsp3) is 0.0333. The molecule has 2 N–H and O–H groups in total. The molecule has 0 amide bonds. The summed E-state index contributed by atoms with van der Waals surface area (Å²) in [6.45, 7) is 1.91. The number of nitrogens with one attached hydrogen (secondary N) is 2. The van der Waals surface area contributed by atoms with E-state index in [2.05, 4.69) is 22.1 Å². The molecule has 0 saturated heterocycles. The molecule has 40 heavy (non-hydrogen) atoms. The summed E-state index contributed by atoms with van der Waals surface area (Å²) in [6, 6.07) is 24.9. The molecule has 0 spiro atoms. The largest absolute Gasteiger partial charge is 0.463 e. The molecular formula is C30H18N6O2S2. The highest BCUT2D eigenvalue weighted by Crippen LogP contribution is 2.41. The molecule has 0 atom stereocenters. The van der Waals surface area contributed by atoms with Gasteiger partial charge >= 0.3 is 0 Å². The molecule has 8 nitrogen and oxygen atoms in total. The lowest BCUT2D eigenvalue weighted by Crippen LogP contribution is -1.99. The summed E-state index contributed by atoms with van der Waals surface area (Å²) >= 11 is 11.2. The van der Waals surface area contributed by atoms with E-state index in [-0.39, 0.29) is 20.4 Å². The minimum Gasteiger partial charge on any atom is -0.463 e. The number of hydrogen-bond acceptors (Lipinski definition) is 7. The number of benzene rings is 1. The van der Waals surface area contributed by atoms with Crippen molar-refractivity contribution < 1.29 is 8.83 Å². The van der Waals surface area contributed by atoms with Crippen molar-refractivity contribution in [3.63, 3.8) is 0 Å². The number of rotatable bonds is 5. The minimum atomic E-state index is 0.242. The number of nitriles is 2. The number of furan rings is 2. The predicted octanol–water partition coefficient (Wildman–Crippen LogP) is 7.89. The number of nitrogens with zero attached hydrogens (tertiary/aromatic N) is 4. The van der Waals surface area contributed by atoms with E-state index in [4.69, 9.17) is 38.4 Å². The summed E-state index contributed by atoms with van der Waals surface area (Å²) in [7, 11) is 0. The van der Waals surface area contributed by atoms with Crippen LogP contribution in [0.2, 0.25) is 0 Å². The molecule has 0 aliphatic rings. The van der Waals surface area contributed by atoms with Gasteiger partial charge in [0.05, 0.1) is 40.7 Å². The van der Waals surface area contributed by atoms with Gasteiger partial charge in [-0.05, 0) is 55.5 Å². The van der Waals surface area contributed by atoms with Crippen molar-refractivity contribution in [3.8, 4) is 63.1 Å². The molecule has 0 fully saturated rings. The van der Waals surface area contributed by atoms with E-state index in [0.717, 1.165) is 11.4 Å². The SMILES string of the molecule is Cc1c(-c2cc(-c3ccco3)[nH]c(=S)c2C#N)c(-c2cc(-c3ccco3)[nH]c(=S)c2C#N)nn1-c1ccccc1. The highest BCUT2D eigenvalue weighted by atomic mass is 32.1. The lowest BCUT2D eigenvalue weighted by atomic mass is 9.94. The lowest BCUT2D eigenvalue weighted by molar-refractivity contribution is 0.579. The smallest absolute Gasteiger partial charge is 0.150 e. The zero-order valence-corrected chi connectivity index (χ0v) is 22.6. The van der Waals surface area contributed by atoms with Gasteiger partial charge in [-0.15, -0.1) is 0 Å². The predicted molar refractivity (Wildman–Crippen MR) is 154 cm³/mol. The number of aromatic nitrogens is 4. The number of H-pyrrole nitrogens is 2. The van der Waals surface area contributed by atoms with Crippen LogP contribution < -0.4 is 0 Å². The molecule has 0 aliphatic heterocycles. The second kappa shape index (κ2) is 10.1. The molecule has 5 heterocycles. The highest BCUT2D eigenvalue weighted by molar-refractivity contribution is 7.71. The first-order valence-electron chi connectivity index (χ1n) is 12.1. The van der Waals surface area contributed by atoms with Crippen molar-refractivity contribution >= 4 is 24.4 Å². The van der Waals surface area contributed by atoms with E-state index < -0.39 is 0 Å². The van der Waals surface area contributed by atoms with Crippen LogP contribution in [0.3, 0.4) is 0 Å². The maximum atomic E-state index is 10.2. The van der Waals surface area contributed by atoms with Crippen LogP contribution in [0.25, 0.3) is 51.0 Å². The van der Waals surface area contributed by atoms with Gasteiger partial charge in [0.2, 0.25) is 0 Å². The summed E-state index contributed by atoms with van der Waals surface area (Å²) in [4.78, 5) is 6.19. The van der Waals surface area contributed by atoms with Crippen LogP contribution in [0.4, 0.5) is 0 Å². The molecule has 0 bridgehead atoms. The first kappa shape index (κ1) is 25.0. The van der Waals surface area contributed by atoms with Gasteiger partial charge in [0.25, 0.3) is 0 Å². The Morgan fingerprint density at radius 2 is 1.32 bits per heavy atom. The first-order valence-corrected chi connectivity index (χ1v) is 12.9. The van der Waals surface area contributed by atoms with Gasteiger partial charge in [-0.2, -0.15) is 15.6 Å². The monoisotopic (exact) mass is 558 g/mol. The van der Waals surface area contributed by atoms with Crippen molar-refractivity contribution in [1.82, 2.24) is 19.7 Å². The van der Waals surface area contributed by atoms with Crippen LogP contribution in [0, 0.1) is 38.9 Å². The molecule has 6 rings (SSSR count). The minimum absolute atomic E-state index is 0.242. The van der Waals surface area contributed by atoms with Crippen molar-refractivity contribution in [2.45, 2.75) is 6.92 Å². The summed E-state index contributed by atoms with van der Waals surface area (Å²) < 4.78 is 13.5. The zero-order chi connectivity index (χ0) is 27.8. The van der Waals surface area contributed by atoms with Crippen LogP contribution >= 0.6 is 24.4 Å². The fourth-order valence-electron chi connectivity index (χ4n) is 4.69. The van der Waals surface area contributed by atoms with E-state index in [1.165, 1.54) is 0 Å². The summed E-state index contributed by atoms with van der Waals surface area (Å²) in [5, 5.41) is 25.4. The van der Waals surface area contributed by atoms with Crippen LogP contribution in [0.15, 0.2) is 88.1 Å². The lowest BCUT2D eigenvalue weighted by Gasteiger charge is -2.11. The maximum absolute atomic E-state index is 10.2. The Kier molecular flexibility index (Phi) is 6.33. The molecule has 0 radical (unpaired) electrons. The third-order valence-corrected chi connectivity index (χ3v) is 7.12. The topological polar surface area (TPSA) is 123 Å². The van der Waals surface area contributed by atoms with E-state index in [0.29, 0.717) is 45.3 Å². The van der Waals surface area contributed by atoms with Crippen molar-refractivity contribution in [2.75, 3.05) is 0 Å². The summed E-state index contributed by atoms with van der Waals surface area (Å²) in [5.74, 6) is 1.11. The molecular weight excluding hydrogens is 541 g/mol. The Morgan fingerprint density at radius 3 is 1.85 bits per heavy atom. The third kappa shape index (κ3) is 4.18. The Balaban J connectivity index is 1.73. The average Bonchev–Trinajstić information content (AvgIpc) is 3.75. The maximum Gasteiger partial charge on any atom is 0.150 e. The summed E-state index contributed by atoms with van der Waals surface area (Å²) in [5.41, 5.74) is 5.40. The van der Waals surface area contributed by atoms with Gasteiger partial charge < -0.3 is 18.8 Å². The second-order valence-corrected chi connectivity index (χ2v) is 9.65. The standard InChI is InChI=1S/C30H18N6O2S2/c1-17-27(19-13-23(25-9-5-11-37-25)33-29(39)21(19)15-31)28(35-36(17)18-7-3-2-4-8-18)20-14-24(26-10-6-12-38-26)34-30(40)22(20)16-32/h2-14H,1H3,(H,33,39)(H,34,40). The van der Waals surface area contributed by atoms with E-state index in [9.17, 15) is 10.5 Å². The molecule has 192 valence electrons. The molecule has 5 aromatic heterocycles. The first-order chi connectivity index (χ1) is 19.5. The highest BCUT2D eigenvalue weighted by Gasteiger charge is 2.26. The van der Waals surface area contributed by atoms with Crippen LogP contribution in [-0.2, 0) is 0 Å². The molecule has 0 saturated carbocycles. The van der Waals surface area contributed by atoms with Crippen molar-refractivity contribution in [1.29, 1.82) is 10.5 Å². The van der Waals surface area contributed by atoms with Gasteiger partial charge in [-0.1, -0.05) is 42.6 Å². The van der Waals surface area contributed by atoms with Gasteiger partial charge in [-0.3, -0.25) is 0 Å². The van der Waals surface area contributed by atoms with Gasteiger partial charge in [0.15, 0.2) is 0 Å². The van der Waals surface area contributed by atoms with Crippen molar-refractivity contribution in [2.24, 2.45) is 0 Å². The number of hydrogen-bond donors (Lipinski definition) is 2. The molecule has 0 aliphatic carbocycles. The van der Waals surface area contributed by atoms with Crippen LogP contribution in [-0.4, -0.2) is 19.7 Å². The van der Waals surface area contributed by atoms with E-state index in [1.807, 2.05) is 43.3 Å². The second-order valence-electron chi connectivity index (χ2n) is 8.84. The average molecular weight is 559 g/mol. The molecule has 10 heteroatoms. The Hall–Kier alpha value is -5.29. The number of aromatic amines is 2.